The predicted molar refractivity (Wildman–Crippen MR) is 307 cm³/mol. The Morgan fingerprint density at radius 1 is 0.293 bits per heavy atom. The van der Waals surface area contributed by atoms with Gasteiger partial charge >= 0.3 is 0 Å². The number of fused-ring (bicyclic) bond motifs is 26. The van der Waals surface area contributed by atoms with Crippen molar-refractivity contribution in [1.82, 2.24) is 0 Å². The van der Waals surface area contributed by atoms with Crippen molar-refractivity contribution in [3.05, 3.63) is 304 Å². The topological polar surface area (TPSA) is 12.5 Å². The van der Waals surface area contributed by atoms with Gasteiger partial charge in [0, 0.05) is 44.3 Å². The Morgan fingerprint density at radius 2 is 0.707 bits per heavy atom. The maximum atomic E-state index is 7.39. The number of ether oxygens (including phenoxy) is 1. The lowest BCUT2D eigenvalue weighted by molar-refractivity contribution is 0.447. The summed E-state index contributed by atoms with van der Waals surface area (Å²) >= 11 is 0. The highest BCUT2D eigenvalue weighted by molar-refractivity contribution is 6.04. The lowest BCUT2D eigenvalue weighted by atomic mass is 9.65. The van der Waals surface area contributed by atoms with E-state index in [1.807, 2.05) is 0 Å². The molecule has 5 aliphatic rings. The minimum atomic E-state index is -0.710. The van der Waals surface area contributed by atoms with Crippen LogP contribution in [0.15, 0.2) is 249 Å². The van der Waals surface area contributed by atoms with Crippen molar-refractivity contribution >= 4 is 38.6 Å². The van der Waals surface area contributed by atoms with Crippen LogP contribution in [0.4, 0.5) is 17.1 Å². The summed E-state index contributed by atoms with van der Waals surface area (Å²) in [5.74, 6) is 1.84. The van der Waals surface area contributed by atoms with Crippen LogP contribution in [0.2, 0.25) is 0 Å². The minimum absolute atomic E-state index is 0.137. The molecule has 1 heterocycles. The predicted octanol–water partition coefficient (Wildman–Crippen LogP) is 18.6. The highest BCUT2D eigenvalue weighted by Gasteiger charge is 2.54. The number of nitrogens with zero attached hydrogens (tertiary/aromatic N) is 1. The van der Waals surface area contributed by atoms with Crippen molar-refractivity contribution in [2.24, 2.45) is 0 Å². The molecule has 0 radical (unpaired) electrons. The third-order valence-corrected chi connectivity index (χ3v) is 18.1. The Bertz CT molecular complexity index is 4380. The molecule has 2 nitrogen and oxygen atoms in total. The normalized spacial score (nSPS) is 15.2. The Morgan fingerprint density at radius 3 is 1.31 bits per heavy atom. The summed E-state index contributed by atoms with van der Waals surface area (Å²) < 4.78 is 7.39. The van der Waals surface area contributed by atoms with E-state index < -0.39 is 10.8 Å². The van der Waals surface area contributed by atoms with Crippen molar-refractivity contribution in [2.45, 2.75) is 30.1 Å². The summed E-state index contributed by atoms with van der Waals surface area (Å²) in [4.78, 5) is 2.59. The van der Waals surface area contributed by atoms with Crippen LogP contribution < -0.4 is 9.64 Å². The van der Waals surface area contributed by atoms with Crippen molar-refractivity contribution < 1.29 is 4.74 Å². The molecule has 0 aromatic heterocycles. The fourth-order valence-electron chi connectivity index (χ4n) is 15.1. The van der Waals surface area contributed by atoms with E-state index in [-0.39, 0.29) is 5.41 Å². The molecule has 0 bridgehead atoms. The van der Waals surface area contributed by atoms with E-state index in [2.05, 4.69) is 267 Å². The van der Waals surface area contributed by atoms with Crippen LogP contribution in [0, 0.1) is 0 Å². The molecule has 0 saturated carbocycles. The van der Waals surface area contributed by atoms with E-state index >= 15 is 0 Å². The molecule has 0 fully saturated rings. The zero-order valence-electron chi connectivity index (χ0n) is 41.5. The average Bonchev–Trinajstić information content (AvgIpc) is 4.34. The number of benzene rings is 12. The van der Waals surface area contributed by atoms with Crippen LogP contribution in [0.1, 0.15) is 69.5 Å². The van der Waals surface area contributed by atoms with E-state index in [9.17, 15) is 0 Å². The lowest BCUT2D eigenvalue weighted by Gasteiger charge is -2.40. The first kappa shape index (κ1) is 41.3. The minimum Gasteiger partial charge on any atom is -0.455 e. The Balaban J connectivity index is 0.987. The summed E-state index contributed by atoms with van der Waals surface area (Å²) in [6.07, 6.45) is 0. The van der Waals surface area contributed by atoms with Crippen LogP contribution in [0.3, 0.4) is 0 Å². The largest absolute Gasteiger partial charge is 0.455 e. The smallest absolute Gasteiger partial charge is 0.140 e. The van der Waals surface area contributed by atoms with Gasteiger partial charge in [0.15, 0.2) is 0 Å². The van der Waals surface area contributed by atoms with E-state index in [4.69, 9.17) is 4.74 Å². The van der Waals surface area contributed by atoms with Crippen molar-refractivity contribution in [2.75, 3.05) is 4.90 Å². The van der Waals surface area contributed by atoms with Gasteiger partial charge in [-0.25, -0.2) is 0 Å². The molecule has 350 valence electrons. The number of hydrogen-bond acceptors (Lipinski definition) is 2. The first-order chi connectivity index (χ1) is 37.0. The standard InChI is InChI=1S/C73H47NO/c1-71(2)57-27-12-7-25-53(57)56-42-46(37-41-58(56)71)74(67-33-17-32-63-68(67)55-26-11-16-31-62(55)72(63)59-28-13-8-22-50(59)51-23-9-14-29-60(51)72)47-36-38-54-52-24-10-15-30-61(52)73(66(54)43-47)64-39-34-44-18-3-5-20-48(44)69(64)75-70-49-21-6-4-19-45(49)35-40-65(70)73/h3-43H,1-2H3. The van der Waals surface area contributed by atoms with Crippen molar-refractivity contribution in [1.29, 1.82) is 0 Å². The first-order valence-electron chi connectivity index (χ1n) is 26.4. The van der Waals surface area contributed by atoms with E-state index in [0.717, 1.165) is 61.2 Å². The van der Waals surface area contributed by atoms with Gasteiger partial charge in [-0.05, 0) is 125 Å². The Kier molecular flexibility index (Phi) is 7.97. The summed E-state index contributed by atoms with van der Waals surface area (Å²) in [5, 5.41) is 4.54. The molecule has 0 unspecified atom stereocenters. The first-order valence-corrected chi connectivity index (χ1v) is 26.4. The lowest BCUT2D eigenvalue weighted by Crippen LogP contribution is -2.32. The molecule has 12 aromatic carbocycles. The molecule has 12 aromatic rings. The maximum absolute atomic E-state index is 7.39. The Hall–Kier alpha value is -9.24. The summed E-state index contributed by atoms with van der Waals surface area (Å²) in [5.41, 5.74) is 25.1. The molecule has 2 spiro atoms. The van der Waals surface area contributed by atoms with Gasteiger partial charge in [-0.1, -0.05) is 232 Å². The molecule has 17 rings (SSSR count). The van der Waals surface area contributed by atoms with Gasteiger partial charge in [0.1, 0.15) is 11.5 Å². The van der Waals surface area contributed by atoms with Crippen LogP contribution >= 0.6 is 0 Å². The van der Waals surface area contributed by atoms with Gasteiger partial charge < -0.3 is 9.64 Å². The number of anilines is 3. The number of rotatable bonds is 3. The zero-order chi connectivity index (χ0) is 49.4. The average molecular weight is 954 g/mol. The van der Waals surface area contributed by atoms with Crippen LogP contribution in [0.25, 0.3) is 66.1 Å². The molecule has 2 heteroatoms. The molecule has 0 N–H and O–H groups in total. The molecular weight excluding hydrogens is 907 g/mol. The molecule has 1 aliphatic heterocycles. The van der Waals surface area contributed by atoms with E-state index in [1.165, 1.54) is 89.0 Å². The van der Waals surface area contributed by atoms with Crippen LogP contribution in [-0.2, 0) is 16.2 Å². The highest BCUT2D eigenvalue weighted by Crippen LogP contribution is 2.67. The third-order valence-electron chi connectivity index (χ3n) is 18.1. The molecule has 0 atom stereocenters. The molecule has 75 heavy (non-hydrogen) atoms. The second-order valence-electron chi connectivity index (χ2n) is 21.8. The second-order valence-corrected chi connectivity index (χ2v) is 21.8. The quantitative estimate of drug-likeness (QED) is 0.175. The maximum Gasteiger partial charge on any atom is 0.140 e. The summed E-state index contributed by atoms with van der Waals surface area (Å²) in [6, 6.07) is 94.0. The van der Waals surface area contributed by atoms with E-state index in [1.54, 1.807) is 0 Å². The zero-order valence-corrected chi connectivity index (χ0v) is 41.5. The fourth-order valence-corrected chi connectivity index (χ4v) is 15.1. The Labute approximate surface area is 436 Å². The van der Waals surface area contributed by atoms with Gasteiger partial charge in [0.05, 0.1) is 16.5 Å². The highest BCUT2D eigenvalue weighted by atomic mass is 16.5. The van der Waals surface area contributed by atoms with Gasteiger partial charge in [0.25, 0.3) is 0 Å². The summed E-state index contributed by atoms with van der Waals surface area (Å²) in [7, 11) is 0. The molecule has 4 aliphatic carbocycles. The molecular formula is C73H47NO. The van der Waals surface area contributed by atoms with Crippen LogP contribution in [0.5, 0.6) is 11.5 Å². The van der Waals surface area contributed by atoms with Gasteiger partial charge in [-0.15, -0.1) is 0 Å². The molecule has 0 amide bonds. The van der Waals surface area contributed by atoms with Gasteiger partial charge in [-0.3, -0.25) is 0 Å². The summed E-state index contributed by atoms with van der Waals surface area (Å²) in [6.45, 7) is 4.75. The van der Waals surface area contributed by atoms with Crippen molar-refractivity contribution in [3.8, 4) is 56.0 Å². The SMILES string of the molecule is CC1(C)c2ccccc2-c2cc(N(c3ccc4c(c3)C3(c5ccccc5-4)c4ccc5ccccc5c4Oc4c3ccc3ccccc43)c3cccc4c3-c3ccccc3C43c4ccccc4-c4ccccc43)ccc21. The second kappa shape index (κ2) is 14.5. The third kappa shape index (κ3) is 5.00. The van der Waals surface area contributed by atoms with E-state index in [0.29, 0.717) is 0 Å². The fraction of sp³-hybridized carbons (Fsp3) is 0.0685. The monoisotopic (exact) mass is 953 g/mol. The van der Waals surface area contributed by atoms with Gasteiger partial charge in [-0.2, -0.15) is 0 Å². The number of hydrogen-bond donors (Lipinski definition) is 0. The van der Waals surface area contributed by atoms with Crippen LogP contribution in [-0.4, -0.2) is 0 Å². The van der Waals surface area contributed by atoms with Gasteiger partial charge in [0.2, 0.25) is 0 Å². The van der Waals surface area contributed by atoms with Crippen molar-refractivity contribution in [3.63, 3.8) is 0 Å². The molecule has 0 saturated heterocycles.